The Kier molecular flexibility index (Phi) is 5.58. The van der Waals surface area contributed by atoms with Crippen LogP contribution in [0, 0.1) is 5.41 Å². The van der Waals surface area contributed by atoms with Gasteiger partial charge in [-0.2, -0.15) is 0 Å². The van der Waals surface area contributed by atoms with Crippen LogP contribution in [0.1, 0.15) is 41.5 Å². The largest absolute Gasteiger partial charge is 0.484 e. The molecule has 0 aliphatic carbocycles. The molecule has 0 atom stereocenters. The van der Waals surface area contributed by atoms with Crippen molar-refractivity contribution >= 4 is 17.5 Å². The van der Waals surface area contributed by atoms with E-state index in [1.54, 1.807) is 24.3 Å². The van der Waals surface area contributed by atoms with E-state index in [1.807, 2.05) is 41.5 Å². The second kappa shape index (κ2) is 6.81. The molecule has 0 aliphatic heterocycles. The highest BCUT2D eigenvalue weighted by Gasteiger charge is 2.21. The van der Waals surface area contributed by atoms with Crippen LogP contribution in [0.25, 0.3) is 0 Å². The molecule has 1 rings (SSSR count). The molecule has 0 saturated heterocycles. The SMILES string of the molecule is CC(C)(C)NC(=O)COc1cccc(NC(=O)C(C)(C)C)c1. The number of hydrogen-bond donors (Lipinski definition) is 2. The van der Waals surface area contributed by atoms with Crippen molar-refractivity contribution in [3.8, 4) is 5.75 Å². The van der Waals surface area contributed by atoms with Gasteiger partial charge in [0.1, 0.15) is 5.75 Å². The third-order valence-electron chi connectivity index (χ3n) is 2.66. The minimum Gasteiger partial charge on any atom is -0.484 e. The number of amides is 2. The van der Waals surface area contributed by atoms with Crippen molar-refractivity contribution in [2.45, 2.75) is 47.1 Å². The van der Waals surface area contributed by atoms with E-state index in [2.05, 4.69) is 10.6 Å². The van der Waals surface area contributed by atoms with Gasteiger partial charge in [0, 0.05) is 22.7 Å². The second-order valence-electron chi connectivity index (χ2n) is 7.32. The zero-order valence-corrected chi connectivity index (χ0v) is 14.2. The van der Waals surface area contributed by atoms with Crippen LogP contribution in [0.4, 0.5) is 5.69 Å². The van der Waals surface area contributed by atoms with Gasteiger partial charge in [0.25, 0.3) is 5.91 Å². The Morgan fingerprint density at radius 3 is 2.27 bits per heavy atom. The normalized spacial score (nSPS) is 11.7. The maximum absolute atomic E-state index is 12.0. The number of hydrogen-bond acceptors (Lipinski definition) is 3. The van der Waals surface area contributed by atoms with E-state index in [1.165, 1.54) is 0 Å². The molecule has 0 radical (unpaired) electrons. The lowest BCUT2D eigenvalue weighted by atomic mass is 9.95. The monoisotopic (exact) mass is 306 g/mol. The van der Waals surface area contributed by atoms with E-state index >= 15 is 0 Å². The van der Waals surface area contributed by atoms with Crippen LogP contribution < -0.4 is 15.4 Å². The third kappa shape index (κ3) is 6.61. The van der Waals surface area contributed by atoms with Crippen LogP contribution in [0.3, 0.4) is 0 Å². The highest BCUT2D eigenvalue weighted by atomic mass is 16.5. The van der Waals surface area contributed by atoms with E-state index in [0.717, 1.165) is 0 Å². The Labute approximate surface area is 132 Å². The number of carbonyl (C=O) groups excluding carboxylic acids is 2. The molecule has 0 spiro atoms. The molecule has 5 heteroatoms. The minimum absolute atomic E-state index is 0.0616. The first kappa shape index (κ1) is 18.0. The predicted molar refractivity (Wildman–Crippen MR) is 87.9 cm³/mol. The van der Waals surface area contributed by atoms with Gasteiger partial charge in [0.15, 0.2) is 6.61 Å². The minimum atomic E-state index is -0.469. The van der Waals surface area contributed by atoms with E-state index in [0.29, 0.717) is 11.4 Å². The Hall–Kier alpha value is -2.04. The summed E-state index contributed by atoms with van der Waals surface area (Å²) < 4.78 is 5.46. The average molecular weight is 306 g/mol. The lowest BCUT2D eigenvalue weighted by Gasteiger charge is -2.20. The van der Waals surface area contributed by atoms with Gasteiger partial charge in [-0.1, -0.05) is 26.8 Å². The number of anilines is 1. The summed E-state index contributed by atoms with van der Waals surface area (Å²) in [6.45, 7) is 11.2. The van der Waals surface area contributed by atoms with Gasteiger partial charge in [0.05, 0.1) is 0 Å². The fourth-order valence-corrected chi connectivity index (χ4v) is 1.59. The second-order valence-corrected chi connectivity index (χ2v) is 7.32. The number of nitrogens with one attached hydrogen (secondary N) is 2. The van der Waals surface area contributed by atoms with Gasteiger partial charge in [-0.15, -0.1) is 0 Å². The average Bonchev–Trinajstić information content (AvgIpc) is 2.33. The summed E-state index contributed by atoms with van der Waals surface area (Å²) in [4.78, 5) is 23.7. The van der Waals surface area contributed by atoms with Crippen LogP contribution in [0.5, 0.6) is 5.75 Å². The maximum Gasteiger partial charge on any atom is 0.258 e. The summed E-state index contributed by atoms with van der Waals surface area (Å²) in [6, 6.07) is 7.01. The molecule has 0 bridgehead atoms. The van der Waals surface area contributed by atoms with E-state index in [9.17, 15) is 9.59 Å². The lowest BCUT2D eigenvalue weighted by Crippen LogP contribution is -2.43. The molecule has 2 amide bonds. The van der Waals surface area contributed by atoms with Crippen molar-refractivity contribution in [2.24, 2.45) is 5.41 Å². The first-order chi connectivity index (χ1) is 9.97. The molecule has 1 aromatic carbocycles. The first-order valence-corrected chi connectivity index (χ1v) is 7.33. The fourth-order valence-electron chi connectivity index (χ4n) is 1.59. The number of ether oxygens (including phenoxy) is 1. The molecule has 0 fully saturated rings. The maximum atomic E-state index is 12.0. The van der Waals surface area contributed by atoms with E-state index < -0.39 is 5.41 Å². The first-order valence-electron chi connectivity index (χ1n) is 7.33. The predicted octanol–water partition coefficient (Wildman–Crippen LogP) is 2.96. The van der Waals surface area contributed by atoms with Crippen molar-refractivity contribution in [1.29, 1.82) is 0 Å². The van der Waals surface area contributed by atoms with Crippen LogP contribution in [-0.2, 0) is 9.59 Å². The third-order valence-corrected chi connectivity index (χ3v) is 2.66. The molecule has 0 unspecified atom stereocenters. The summed E-state index contributed by atoms with van der Waals surface area (Å²) in [5, 5.41) is 5.65. The quantitative estimate of drug-likeness (QED) is 0.898. The molecular formula is C17H26N2O3. The molecule has 0 saturated carbocycles. The molecule has 22 heavy (non-hydrogen) atoms. The van der Waals surface area contributed by atoms with Crippen molar-refractivity contribution in [1.82, 2.24) is 5.32 Å². The molecule has 2 N–H and O–H groups in total. The van der Waals surface area contributed by atoms with Crippen molar-refractivity contribution in [2.75, 3.05) is 11.9 Å². The Bertz CT molecular complexity index is 540. The Morgan fingerprint density at radius 1 is 1.09 bits per heavy atom. The molecule has 1 aromatic rings. The van der Waals surface area contributed by atoms with Gasteiger partial charge in [-0.3, -0.25) is 9.59 Å². The van der Waals surface area contributed by atoms with Crippen LogP contribution in [0.2, 0.25) is 0 Å². The fraction of sp³-hybridized carbons (Fsp3) is 0.529. The Morgan fingerprint density at radius 2 is 1.73 bits per heavy atom. The number of carbonyl (C=O) groups is 2. The standard InChI is InChI=1S/C17H26N2O3/c1-16(2,3)15(21)18-12-8-7-9-13(10-12)22-11-14(20)19-17(4,5)6/h7-10H,11H2,1-6H3,(H,18,21)(H,19,20). The summed E-state index contributed by atoms with van der Waals surface area (Å²) in [5.74, 6) is 0.280. The van der Waals surface area contributed by atoms with Crippen LogP contribution >= 0.6 is 0 Å². The van der Waals surface area contributed by atoms with Crippen molar-refractivity contribution in [3.05, 3.63) is 24.3 Å². The van der Waals surface area contributed by atoms with Crippen molar-refractivity contribution < 1.29 is 14.3 Å². The van der Waals surface area contributed by atoms with Gasteiger partial charge < -0.3 is 15.4 Å². The molecule has 0 aromatic heterocycles. The zero-order valence-electron chi connectivity index (χ0n) is 14.2. The lowest BCUT2D eigenvalue weighted by molar-refractivity contribution is -0.124. The van der Waals surface area contributed by atoms with Gasteiger partial charge in [-0.05, 0) is 32.9 Å². The summed E-state index contributed by atoms with van der Waals surface area (Å²) >= 11 is 0. The van der Waals surface area contributed by atoms with E-state index in [4.69, 9.17) is 4.74 Å². The summed E-state index contributed by atoms with van der Waals surface area (Å²) in [7, 11) is 0. The van der Waals surface area contributed by atoms with Gasteiger partial charge >= 0.3 is 0 Å². The van der Waals surface area contributed by atoms with E-state index in [-0.39, 0.29) is 24.0 Å². The summed E-state index contributed by atoms with van der Waals surface area (Å²) in [6.07, 6.45) is 0. The number of rotatable bonds is 4. The van der Waals surface area contributed by atoms with Gasteiger partial charge in [-0.25, -0.2) is 0 Å². The van der Waals surface area contributed by atoms with Gasteiger partial charge in [0.2, 0.25) is 5.91 Å². The van der Waals surface area contributed by atoms with Crippen LogP contribution in [0.15, 0.2) is 24.3 Å². The molecule has 5 nitrogen and oxygen atoms in total. The Balaban J connectivity index is 2.62. The molecule has 0 heterocycles. The number of benzene rings is 1. The molecular weight excluding hydrogens is 280 g/mol. The molecule has 122 valence electrons. The highest BCUT2D eigenvalue weighted by molar-refractivity contribution is 5.94. The topological polar surface area (TPSA) is 67.4 Å². The summed E-state index contributed by atoms with van der Waals surface area (Å²) in [5.41, 5.74) is -0.111. The smallest absolute Gasteiger partial charge is 0.258 e. The highest BCUT2D eigenvalue weighted by Crippen LogP contribution is 2.21. The molecule has 0 aliphatic rings. The van der Waals surface area contributed by atoms with Crippen LogP contribution in [-0.4, -0.2) is 24.0 Å². The zero-order chi connectivity index (χ0) is 17.0. The van der Waals surface area contributed by atoms with Crippen molar-refractivity contribution in [3.63, 3.8) is 0 Å².